The third-order valence-corrected chi connectivity index (χ3v) is 18.1. The monoisotopic (exact) mass is 1150 g/mol. The number of aromatic nitrogens is 2. The van der Waals surface area contributed by atoms with Gasteiger partial charge in [-0.05, 0) is 189 Å². The minimum Gasteiger partial charge on any atom is -0.310 e. The molecule has 90 heavy (non-hydrogen) atoms. The van der Waals surface area contributed by atoms with Crippen molar-refractivity contribution in [2.45, 2.75) is 13.8 Å². The summed E-state index contributed by atoms with van der Waals surface area (Å²) in [6.45, 7) is 4.57. The van der Waals surface area contributed by atoms with E-state index in [2.05, 4.69) is 372 Å². The van der Waals surface area contributed by atoms with Crippen molar-refractivity contribution < 1.29 is 0 Å². The molecule has 14 aromatic carbocycles. The van der Waals surface area contributed by atoms with Crippen LogP contribution in [0, 0.1) is 13.8 Å². The van der Waals surface area contributed by atoms with Gasteiger partial charge >= 0.3 is 0 Å². The molecule has 0 fully saturated rings. The molecule has 0 saturated heterocycles. The molecule has 2 heterocycles. The van der Waals surface area contributed by atoms with Crippen molar-refractivity contribution in [1.82, 2.24) is 9.13 Å². The summed E-state index contributed by atoms with van der Waals surface area (Å²) in [5.41, 5.74) is 25.5. The Balaban J connectivity index is 0.784. The molecule has 4 heteroatoms. The third-order valence-electron chi connectivity index (χ3n) is 18.1. The highest BCUT2D eigenvalue weighted by Gasteiger charge is 2.24. The molecule has 0 aliphatic carbocycles. The normalized spacial score (nSPS) is 11.4. The van der Waals surface area contributed by atoms with Crippen molar-refractivity contribution in [3.63, 3.8) is 0 Å². The second-order valence-electron chi connectivity index (χ2n) is 23.3. The molecule has 0 amide bonds. The molecule has 0 N–H and O–H groups in total. The van der Waals surface area contributed by atoms with E-state index in [4.69, 9.17) is 0 Å². The highest BCUT2D eigenvalue weighted by atomic mass is 15.2. The van der Waals surface area contributed by atoms with Gasteiger partial charge in [0, 0.05) is 55.7 Å². The van der Waals surface area contributed by atoms with Gasteiger partial charge < -0.3 is 18.9 Å². The van der Waals surface area contributed by atoms with Crippen LogP contribution in [0.15, 0.2) is 340 Å². The lowest BCUT2D eigenvalue weighted by molar-refractivity contribution is 1.12. The summed E-state index contributed by atoms with van der Waals surface area (Å²) in [5.74, 6) is 0. The zero-order chi connectivity index (χ0) is 60.1. The van der Waals surface area contributed by atoms with Gasteiger partial charge in [0.25, 0.3) is 0 Å². The zero-order valence-electron chi connectivity index (χ0n) is 50.1. The highest BCUT2D eigenvalue weighted by Crippen LogP contribution is 2.47. The summed E-state index contributed by atoms with van der Waals surface area (Å²) in [7, 11) is 0. The Morgan fingerprint density at radius 2 is 0.522 bits per heavy atom. The molecule has 0 saturated carbocycles. The first kappa shape index (κ1) is 53.7. The van der Waals surface area contributed by atoms with Crippen molar-refractivity contribution in [2.75, 3.05) is 9.80 Å². The predicted molar refractivity (Wildman–Crippen MR) is 381 cm³/mol. The van der Waals surface area contributed by atoms with Crippen LogP contribution in [0.2, 0.25) is 0 Å². The predicted octanol–water partition coefficient (Wildman–Crippen LogP) is 23.8. The maximum absolute atomic E-state index is 2.46. The minimum absolute atomic E-state index is 1.08. The fourth-order valence-corrected chi connectivity index (χ4v) is 13.9. The van der Waals surface area contributed by atoms with Gasteiger partial charge in [0.05, 0.1) is 33.8 Å². The molecule has 4 nitrogen and oxygen atoms in total. The van der Waals surface area contributed by atoms with Crippen LogP contribution in [-0.4, -0.2) is 9.13 Å². The number of fused-ring (bicyclic) bond motifs is 4. The largest absolute Gasteiger partial charge is 0.310 e. The quantitative estimate of drug-likeness (QED) is 0.114. The van der Waals surface area contributed by atoms with Crippen LogP contribution in [0.4, 0.5) is 34.1 Å². The van der Waals surface area contributed by atoms with Crippen LogP contribution in [0.25, 0.3) is 111 Å². The van der Waals surface area contributed by atoms with Crippen LogP contribution in [0.5, 0.6) is 0 Å². The third kappa shape index (κ3) is 9.41. The number of rotatable bonds is 13. The van der Waals surface area contributed by atoms with Gasteiger partial charge in [-0.25, -0.2) is 0 Å². The Kier molecular flexibility index (Phi) is 13.6. The molecule has 0 atom stereocenters. The maximum atomic E-state index is 2.46. The van der Waals surface area contributed by atoms with Gasteiger partial charge in [-0.15, -0.1) is 0 Å². The van der Waals surface area contributed by atoms with Crippen LogP contribution in [-0.2, 0) is 0 Å². The van der Waals surface area contributed by atoms with E-state index < -0.39 is 0 Å². The van der Waals surface area contributed by atoms with Gasteiger partial charge in [0.2, 0.25) is 0 Å². The van der Waals surface area contributed by atoms with Gasteiger partial charge in [0.15, 0.2) is 0 Å². The Labute approximate surface area is 525 Å². The van der Waals surface area contributed by atoms with Crippen molar-refractivity contribution in [3.05, 3.63) is 351 Å². The average Bonchev–Trinajstić information content (AvgIpc) is 1.53. The molecule has 0 aliphatic heterocycles. The van der Waals surface area contributed by atoms with Crippen molar-refractivity contribution in [3.8, 4) is 67.3 Å². The molecule has 0 bridgehead atoms. The molecule has 0 aliphatic rings. The van der Waals surface area contributed by atoms with E-state index in [0.29, 0.717) is 0 Å². The van der Waals surface area contributed by atoms with Crippen LogP contribution in [0.3, 0.4) is 0 Å². The summed E-state index contributed by atoms with van der Waals surface area (Å²) in [6, 6.07) is 124. The second-order valence-corrected chi connectivity index (χ2v) is 23.3. The van der Waals surface area contributed by atoms with E-state index in [9.17, 15) is 0 Å². The van der Waals surface area contributed by atoms with Crippen molar-refractivity contribution in [1.29, 1.82) is 0 Å². The van der Waals surface area contributed by atoms with Gasteiger partial charge in [0.1, 0.15) is 0 Å². The maximum Gasteiger partial charge on any atom is 0.0570 e. The zero-order valence-corrected chi connectivity index (χ0v) is 50.1. The first-order valence-corrected chi connectivity index (χ1v) is 31.0. The minimum atomic E-state index is 1.08. The van der Waals surface area contributed by atoms with Crippen molar-refractivity contribution in [2.24, 2.45) is 0 Å². The molecular formula is C86H62N4. The molecule has 0 unspecified atom stereocenters. The summed E-state index contributed by atoms with van der Waals surface area (Å²) in [4.78, 5) is 4.79. The summed E-state index contributed by atoms with van der Waals surface area (Å²) >= 11 is 0. The van der Waals surface area contributed by atoms with Crippen LogP contribution >= 0.6 is 0 Å². The van der Waals surface area contributed by atoms with Gasteiger partial charge in [-0.2, -0.15) is 0 Å². The number of anilines is 6. The standard InChI is InChI=1S/C86H62N4/c1-59-79-57-65(41-53-83(79)89(85(59)63-29-13-5-14-30-63)71-47-43-69(44-48-71)87(67-33-17-7-18-34-67)81-55-51-73(61-25-9-3-10-26-61)75-37-21-23-39-77(75)81)66-42-54-84-80(58-66)60(2)86(64-31-15-6-16-32-64)90(84)72-49-45-70(46-50-72)88(68-35-19-8-20-36-68)82-56-52-74(62-27-11-4-12-28-62)76-38-22-24-40-78(76)82/h3-58H,1-2H3. The summed E-state index contributed by atoms with van der Waals surface area (Å²) in [6.07, 6.45) is 0. The van der Waals surface area contributed by atoms with E-state index in [-0.39, 0.29) is 0 Å². The summed E-state index contributed by atoms with van der Waals surface area (Å²) < 4.78 is 4.91. The lowest BCUT2D eigenvalue weighted by Crippen LogP contribution is -2.11. The van der Waals surface area contributed by atoms with Crippen molar-refractivity contribution >= 4 is 77.5 Å². The first-order chi connectivity index (χ1) is 44.5. The number of hydrogen-bond acceptors (Lipinski definition) is 2. The van der Waals surface area contributed by atoms with Gasteiger partial charge in [-0.1, -0.05) is 231 Å². The Morgan fingerprint density at radius 1 is 0.222 bits per heavy atom. The fraction of sp³-hybridized carbons (Fsp3) is 0.0233. The number of nitrogens with zero attached hydrogens (tertiary/aromatic N) is 4. The lowest BCUT2D eigenvalue weighted by Gasteiger charge is -2.28. The number of benzene rings is 14. The van der Waals surface area contributed by atoms with E-state index in [1.807, 2.05) is 0 Å². The Hall–Kier alpha value is -11.7. The second kappa shape index (κ2) is 22.9. The van der Waals surface area contributed by atoms with Gasteiger partial charge in [-0.3, -0.25) is 0 Å². The molecule has 426 valence electrons. The molecular weight excluding hydrogens is 1090 g/mol. The molecule has 0 spiro atoms. The topological polar surface area (TPSA) is 16.3 Å². The molecule has 2 aromatic heterocycles. The first-order valence-electron chi connectivity index (χ1n) is 31.0. The van der Waals surface area contributed by atoms with Crippen LogP contribution in [0.1, 0.15) is 11.1 Å². The SMILES string of the molecule is Cc1c(-c2ccccc2)n(-c2ccc(N(c3ccccc3)c3ccc(-c4ccccc4)c4ccccc34)cc2)c2ccc(-c3ccc4c(c3)c(C)c(-c3ccccc3)n4-c3ccc(N(c4ccccc4)c4ccc(-c5ccccc5)c5ccccc45)cc3)cc12. The van der Waals surface area contributed by atoms with E-state index in [0.717, 1.165) is 56.5 Å². The number of para-hydroxylation sites is 2. The summed E-state index contributed by atoms with van der Waals surface area (Å²) in [5, 5.41) is 7.25. The van der Waals surface area contributed by atoms with Crippen LogP contribution < -0.4 is 9.80 Å². The number of hydrogen-bond donors (Lipinski definition) is 0. The number of aryl methyl sites for hydroxylation is 2. The molecule has 0 radical (unpaired) electrons. The van der Waals surface area contributed by atoms with E-state index >= 15 is 0 Å². The molecule has 16 aromatic rings. The average molecular weight is 1150 g/mol. The fourth-order valence-electron chi connectivity index (χ4n) is 13.9. The highest BCUT2D eigenvalue weighted by molar-refractivity contribution is 6.08. The Morgan fingerprint density at radius 3 is 0.878 bits per heavy atom. The molecule has 16 rings (SSSR count). The Bertz CT molecular complexity index is 4930. The lowest BCUT2D eigenvalue weighted by atomic mass is 9.96. The van der Waals surface area contributed by atoms with E-state index in [1.54, 1.807) is 0 Å². The smallest absolute Gasteiger partial charge is 0.0570 e. The van der Waals surface area contributed by atoms with E-state index in [1.165, 1.54) is 99.3 Å².